The van der Waals surface area contributed by atoms with E-state index < -0.39 is 11.7 Å². The van der Waals surface area contributed by atoms with Crippen molar-refractivity contribution in [3.63, 3.8) is 0 Å². The van der Waals surface area contributed by atoms with Crippen LogP contribution >= 0.6 is 0 Å². The Morgan fingerprint density at radius 3 is 2.42 bits per heavy atom. The largest absolute Gasteiger partial charge is 0.444 e. The first-order valence-electron chi connectivity index (χ1n) is 6.47. The van der Waals surface area contributed by atoms with Gasteiger partial charge in [0.05, 0.1) is 13.2 Å². The Hall–Kier alpha value is -1.55. The highest BCUT2D eigenvalue weighted by molar-refractivity contribution is 5.67. The monoisotopic (exact) mass is 265 g/mol. The lowest BCUT2D eigenvalue weighted by molar-refractivity contribution is 0.0494. The van der Waals surface area contributed by atoms with Crippen LogP contribution in [0.25, 0.3) is 0 Å². The Morgan fingerprint density at radius 2 is 1.84 bits per heavy atom. The number of aryl methyl sites for hydroxylation is 1. The SMILES string of the molecule is Cc1ccc(COCCNC(=O)OC(C)(C)C)cc1. The normalized spacial score (nSPS) is 11.2. The van der Waals surface area contributed by atoms with Crippen molar-refractivity contribution in [1.82, 2.24) is 5.32 Å². The lowest BCUT2D eigenvalue weighted by Gasteiger charge is -2.19. The van der Waals surface area contributed by atoms with E-state index in [2.05, 4.69) is 24.4 Å². The third kappa shape index (κ3) is 7.47. The Kier molecular flexibility index (Phi) is 5.83. The molecule has 1 aromatic carbocycles. The summed E-state index contributed by atoms with van der Waals surface area (Å²) in [5.41, 5.74) is 1.89. The molecular weight excluding hydrogens is 242 g/mol. The van der Waals surface area contributed by atoms with Crippen LogP contribution in [0.1, 0.15) is 31.9 Å². The fourth-order valence-corrected chi connectivity index (χ4v) is 1.41. The molecule has 1 rings (SSSR count). The predicted octanol–water partition coefficient (Wildman–Crippen LogP) is 3.04. The molecule has 0 spiro atoms. The van der Waals surface area contributed by atoms with E-state index in [0.29, 0.717) is 19.8 Å². The van der Waals surface area contributed by atoms with E-state index in [1.54, 1.807) is 0 Å². The van der Waals surface area contributed by atoms with Crippen molar-refractivity contribution in [2.75, 3.05) is 13.2 Å². The molecular formula is C15H23NO3. The predicted molar refractivity (Wildman–Crippen MR) is 75.1 cm³/mol. The minimum atomic E-state index is -0.465. The Morgan fingerprint density at radius 1 is 1.21 bits per heavy atom. The summed E-state index contributed by atoms with van der Waals surface area (Å²) in [4.78, 5) is 11.3. The maximum Gasteiger partial charge on any atom is 0.407 e. The van der Waals surface area contributed by atoms with E-state index in [1.807, 2.05) is 32.9 Å². The van der Waals surface area contributed by atoms with Crippen LogP contribution in [0.15, 0.2) is 24.3 Å². The number of carbonyl (C=O) groups is 1. The van der Waals surface area contributed by atoms with Gasteiger partial charge in [0.2, 0.25) is 0 Å². The molecule has 1 N–H and O–H groups in total. The first kappa shape index (κ1) is 15.5. The second-order valence-corrected chi connectivity index (χ2v) is 5.47. The Labute approximate surface area is 115 Å². The number of carbonyl (C=O) groups excluding carboxylic acids is 1. The number of benzene rings is 1. The smallest absolute Gasteiger partial charge is 0.407 e. The second-order valence-electron chi connectivity index (χ2n) is 5.47. The maximum atomic E-state index is 11.3. The topological polar surface area (TPSA) is 47.6 Å². The molecule has 19 heavy (non-hydrogen) atoms. The van der Waals surface area contributed by atoms with E-state index in [-0.39, 0.29) is 0 Å². The molecule has 0 radical (unpaired) electrons. The van der Waals surface area contributed by atoms with Crippen molar-refractivity contribution < 1.29 is 14.3 Å². The van der Waals surface area contributed by atoms with Gasteiger partial charge in [0.15, 0.2) is 0 Å². The molecule has 1 amide bonds. The minimum Gasteiger partial charge on any atom is -0.444 e. The summed E-state index contributed by atoms with van der Waals surface area (Å²) in [6.07, 6.45) is -0.411. The molecule has 0 aliphatic heterocycles. The molecule has 0 atom stereocenters. The molecule has 1 aromatic rings. The van der Waals surface area contributed by atoms with Gasteiger partial charge < -0.3 is 14.8 Å². The van der Waals surface area contributed by atoms with Gasteiger partial charge in [-0.05, 0) is 33.3 Å². The van der Waals surface area contributed by atoms with Crippen molar-refractivity contribution in [2.45, 2.75) is 39.9 Å². The van der Waals surface area contributed by atoms with E-state index >= 15 is 0 Å². The van der Waals surface area contributed by atoms with Crippen molar-refractivity contribution in [1.29, 1.82) is 0 Å². The van der Waals surface area contributed by atoms with Gasteiger partial charge in [-0.2, -0.15) is 0 Å². The zero-order valence-corrected chi connectivity index (χ0v) is 12.2. The van der Waals surface area contributed by atoms with Crippen LogP contribution in [0.4, 0.5) is 4.79 Å². The standard InChI is InChI=1S/C15H23NO3/c1-12-5-7-13(8-6-12)11-18-10-9-16-14(17)19-15(2,3)4/h5-8H,9-11H2,1-4H3,(H,16,17). The summed E-state index contributed by atoms with van der Waals surface area (Å²) < 4.78 is 10.6. The number of ether oxygens (including phenoxy) is 2. The van der Waals surface area contributed by atoms with Crippen molar-refractivity contribution in [3.8, 4) is 0 Å². The molecule has 0 unspecified atom stereocenters. The zero-order valence-electron chi connectivity index (χ0n) is 12.2. The van der Waals surface area contributed by atoms with Crippen LogP contribution in [-0.4, -0.2) is 24.8 Å². The Bertz CT molecular complexity index is 393. The molecule has 0 saturated heterocycles. The summed E-state index contributed by atoms with van der Waals surface area (Å²) >= 11 is 0. The van der Waals surface area contributed by atoms with Gasteiger partial charge in [-0.1, -0.05) is 29.8 Å². The quantitative estimate of drug-likeness (QED) is 0.832. The van der Waals surface area contributed by atoms with Gasteiger partial charge in [-0.15, -0.1) is 0 Å². The highest BCUT2D eigenvalue weighted by Crippen LogP contribution is 2.06. The van der Waals surface area contributed by atoms with E-state index in [9.17, 15) is 4.79 Å². The molecule has 0 fully saturated rings. The van der Waals surface area contributed by atoms with Crippen LogP contribution < -0.4 is 5.32 Å². The third-order valence-electron chi connectivity index (χ3n) is 2.30. The molecule has 4 heteroatoms. The average Bonchev–Trinajstić information content (AvgIpc) is 2.29. The van der Waals surface area contributed by atoms with E-state index in [1.165, 1.54) is 5.56 Å². The molecule has 0 bridgehead atoms. The first-order valence-corrected chi connectivity index (χ1v) is 6.47. The Balaban J connectivity index is 2.11. The highest BCUT2D eigenvalue weighted by Gasteiger charge is 2.15. The average molecular weight is 265 g/mol. The van der Waals surface area contributed by atoms with Crippen LogP contribution in [0, 0.1) is 6.92 Å². The van der Waals surface area contributed by atoms with Gasteiger partial charge in [-0.3, -0.25) is 0 Å². The fraction of sp³-hybridized carbons (Fsp3) is 0.533. The molecule has 0 aliphatic rings. The van der Waals surface area contributed by atoms with Gasteiger partial charge in [0.25, 0.3) is 0 Å². The molecule has 0 heterocycles. The summed E-state index contributed by atoms with van der Waals surface area (Å²) in [6, 6.07) is 8.18. The summed E-state index contributed by atoms with van der Waals surface area (Å²) in [6.45, 7) is 9.01. The van der Waals surface area contributed by atoms with Gasteiger partial charge in [0, 0.05) is 6.54 Å². The highest BCUT2D eigenvalue weighted by atomic mass is 16.6. The summed E-state index contributed by atoms with van der Waals surface area (Å²) in [5, 5.41) is 2.65. The van der Waals surface area contributed by atoms with Gasteiger partial charge >= 0.3 is 6.09 Å². The van der Waals surface area contributed by atoms with Crippen LogP contribution in [-0.2, 0) is 16.1 Å². The number of alkyl carbamates (subject to hydrolysis) is 1. The lowest BCUT2D eigenvalue weighted by atomic mass is 10.2. The lowest BCUT2D eigenvalue weighted by Crippen LogP contribution is -2.34. The van der Waals surface area contributed by atoms with E-state index in [4.69, 9.17) is 9.47 Å². The van der Waals surface area contributed by atoms with Crippen LogP contribution in [0.5, 0.6) is 0 Å². The molecule has 106 valence electrons. The van der Waals surface area contributed by atoms with Crippen molar-refractivity contribution >= 4 is 6.09 Å². The second kappa shape index (κ2) is 7.14. The summed E-state index contributed by atoms with van der Waals surface area (Å²) in [7, 11) is 0. The van der Waals surface area contributed by atoms with Crippen LogP contribution in [0.3, 0.4) is 0 Å². The number of nitrogens with one attached hydrogen (secondary N) is 1. The van der Waals surface area contributed by atoms with Gasteiger partial charge in [0.1, 0.15) is 5.60 Å². The molecule has 0 aliphatic carbocycles. The number of amides is 1. The van der Waals surface area contributed by atoms with Gasteiger partial charge in [-0.25, -0.2) is 4.79 Å². The molecule has 0 saturated carbocycles. The fourth-order valence-electron chi connectivity index (χ4n) is 1.41. The number of rotatable bonds is 5. The van der Waals surface area contributed by atoms with Crippen LogP contribution in [0.2, 0.25) is 0 Å². The zero-order chi connectivity index (χ0) is 14.3. The number of hydrogen-bond acceptors (Lipinski definition) is 3. The third-order valence-corrected chi connectivity index (χ3v) is 2.30. The summed E-state index contributed by atoms with van der Waals surface area (Å²) in [5.74, 6) is 0. The van der Waals surface area contributed by atoms with Crippen molar-refractivity contribution in [3.05, 3.63) is 35.4 Å². The van der Waals surface area contributed by atoms with Crippen molar-refractivity contribution in [2.24, 2.45) is 0 Å². The first-order chi connectivity index (χ1) is 8.87. The number of hydrogen-bond donors (Lipinski definition) is 1. The van der Waals surface area contributed by atoms with E-state index in [0.717, 1.165) is 5.56 Å². The molecule has 4 nitrogen and oxygen atoms in total. The molecule has 0 aromatic heterocycles. The minimum absolute atomic E-state index is 0.411. The maximum absolute atomic E-state index is 11.3.